The Morgan fingerprint density at radius 2 is 1.88 bits per heavy atom. The van der Waals surface area contributed by atoms with E-state index in [9.17, 15) is 9.18 Å². The van der Waals surface area contributed by atoms with Gasteiger partial charge in [0.15, 0.2) is 0 Å². The second-order valence-electron chi connectivity index (χ2n) is 7.44. The van der Waals surface area contributed by atoms with E-state index in [4.69, 9.17) is 0 Å². The van der Waals surface area contributed by atoms with Crippen LogP contribution in [0.5, 0.6) is 0 Å². The molecule has 1 unspecified atom stereocenters. The molecule has 0 aromatic heterocycles. The first kappa shape index (κ1) is 20.9. The lowest BCUT2D eigenvalue weighted by molar-refractivity contribution is -0.122. The van der Waals surface area contributed by atoms with E-state index in [1.165, 1.54) is 12.1 Å². The highest BCUT2D eigenvalue weighted by atomic mass is 35.5. The van der Waals surface area contributed by atoms with Crippen LogP contribution in [0.3, 0.4) is 0 Å². The summed E-state index contributed by atoms with van der Waals surface area (Å²) in [7, 11) is 0. The maximum atomic E-state index is 13.0. The fourth-order valence-electron chi connectivity index (χ4n) is 3.27. The zero-order chi connectivity index (χ0) is 16.9. The van der Waals surface area contributed by atoms with Crippen LogP contribution in [0.1, 0.15) is 45.6 Å². The van der Waals surface area contributed by atoms with Crippen LogP contribution in [0.4, 0.5) is 4.39 Å². The molecule has 1 fully saturated rings. The van der Waals surface area contributed by atoms with Crippen LogP contribution in [-0.2, 0) is 10.2 Å². The van der Waals surface area contributed by atoms with E-state index in [0.29, 0.717) is 24.8 Å². The number of hydrogen-bond acceptors (Lipinski definition) is 2. The molecule has 0 spiro atoms. The van der Waals surface area contributed by atoms with Crippen molar-refractivity contribution >= 4 is 18.3 Å². The Labute approximate surface area is 151 Å². The van der Waals surface area contributed by atoms with Gasteiger partial charge in [-0.05, 0) is 55.5 Å². The summed E-state index contributed by atoms with van der Waals surface area (Å²) < 4.78 is 13.0. The molecule has 5 heteroatoms. The van der Waals surface area contributed by atoms with Gasteiger partial charge < -0.3 is 10.6 Å². The topological polar surface area (TPSA) is 41.1 Å². The van der Waals surface area contributed by atoms with Crippen LogP contribution in [0.2, 0.25) is 0 Å². The van der Waals surface area contributed by atoms with Gasteiger partial charge in [0.05, 0.1) is 0 Å². The predicted molar refractivity (Wildman–Crippen MR) is 99.1 cm³/mol. The Morgan fingerprint density at radius 1 is 1.29 bits per heavy atom. The van der Waals surface area contributed by atoms with Gasteiger partial charge in [0.1, 0.15) is 5.82 Å². The second-order valence-corrected chi connectivity index (χ2v) is 7.44. The minimum Gasteiger partial charge on any atom is -0.355 e. The van der Waals surface area contributed by atoms with Crippen LogP contribution in [0.15, 0.2) is 24.3 Å². The standard InChI is InChI=1S/C19H29FN2O.ClH/c1-14(15-8-10-21-11-9-15)12-18(23)22-13-19(2,3)16-4-6-17(20)7-5-16;/h4-7,14-15,21H,8-13H2,1-3H3,(H,22,23);1H. The first-order valence-electron chi connectivity index (χ1n) is 8.62. The van der Waals surface area contributed by atoms with E-state index in [-0.39, 0.29) is 29.5 Å². The first-order chi connectivity index (χ1) is 10.9. The summed E-state index contributed by atoms with van der Waals surface area (Å²) in [5.41, 5.74) is 0.826. The number of carbonyl (C=O) groups excluding carboxylic acids is 1. The summed E-state index contributed by atoms with van der Waals surface area (Å²) in [4.78, 5) is 12.2. The van der Waals surface area contributed by atoms with Crippen molar-refractivity contribution < 1.29 is 9.18 Å². The van der Waals surface area contributed by atoms with E-state index in [2.05, 4.69) is 31.4 Å². The highest BCUT2D eigenvalue weighted by molar-refractivity contribution is 5.85. The van der Waals surface area contributed by atoms with Crippen molar-refractivity contribution in [2.75, 3.05) is 19.6 Å². The average molecular weight is 357 g/mol. The van der Waals surface area contributed by atoms with Crippen molar-refractivity contribution in [3.8, 4) is 0 Å². The third-order valence-electron chi connectivity index (χ3n) is 5.05. The van der Waals surface area contributed by atoms with Crippen molar-refractivity contribution in [2.24, 2.45) is 11.8 Å². The van der Waals surface area contributed by atoms with Gasteiger partial charge in [0.25, 0.3) is 0 Å². The maximum Gasteiger partial charge on any atom is 0.220 e. The van der Waals surface area contributed by atoms with E-state index in [1.54, 1.807) is 12.1 Å². The molecule has 1 aliphatic rings. The summed E-state index contributed by atoms with van der Waals surface area (Å²) >= 11 is 0. The molecule has 1 saturated heterocycles. The number of halogens is 2. The zero-order valence-corrected chi connectivity index (χ0v) is 15.7. The van der Waals surface area contributed by atoms with Gasteiger partial charge in [0.2, 0.25) is 5.91 Å². The van der Waals surface area contributed by atoms with Crippen LogP contribution in [0.25, 0.3) is 0 Å². The molecule has 1 heterocycles. The zero-order valence-electron chi connectivity index (χ0n) is 14.9. The summed E-state index contributed by atoms with van der Waals surface area (Å²) in [6, 6.07) is 6.52. The highest BCUT2D eigenvalue weighted by Gasteiger charge is 2.24. The molecule has 3 nitrogen and oxygen atoms in total. The van der Waals surface area contributed by atoms with Gasteiger partial charge in [0, 0.05) is 18.4 Å². The van der Waals surface area contributed by atoms with Gasteiger partial charge in [-0.2, -0.15) is 0 Å². The second kappa shape index (κ2) is 9.38. The molecule has 0 saturated carbocycles. The number of benzene rings is 1. The van der Waals surface area contributed by atoms with Crippen molar-refractivity contribution in [1.29, 1.82) is 0 Å². The van der Waals surface area contributed by atoms with E-state index >= 15 is 0 Å². The summed E-state index contributed by atoms with van der Waals surface area (Å²) in [6.45, 7) is 9.01. The molecule has 1 aromatic rings. The Bertz CT molecular complexity index is 513. The molecule has 0 bridgehead atoms. The lowest BCUT2D eigenvalue weighted by atomic mass is 9.83. The molecule has 24 heavy (non-hydrogen) atoms. The van der Waals surface area contributed by atoms with E-state index in [1.807, 2.05) is 0 Å². The lowest BCUT2D eigenvalue weighted by Gasteiger charge is -2.29. The average Bonchev–Trinajstić information content (AvgIpc) is 2.54. The number of carbonyl (C=O) groups is 1. The van der Waals surface area contributed by atoms with Gasteiger partial charge in [-0.15, -0.1) is 12.4 Å². The first-order valence-corrected chi connectivity index (χ1v) is 8.62. The Hall–Kier alpha value is -1.13. The Morgan fingerprint density at radius 3 is 2.46 bits per heavy atom. The third kappa shape index (κ3) is 6.06. The van der Waals surface area contributed by atoms with Gasteiger partial charge in [-0.3, -0.25) is 4.79 Å². The summed E-state index contributed by atoms with van der Waals surface area (Å²) in [5.74, 6) is 0.953. The third-order valence-corrected chi connectivity index (χ3v) is 5.05. The monoisotopic (exact) mass is 356 g/mol. The number of piperidine rings is 1. The Kier molecular flexibility index (Phi) is 8.17. The quantitative estimate of drug-likeness (QED) is 0.816. The molecular formula is C19H30ClFN2O. The minimum absolute atomic E-state index is 0. The largest absolute Gasteiger partial charge is 0.355 e. The normalized spacial score (nSPS) is 17.0. The fraction of sp³-hybridized carbons (Fsp3) is 0.632. The maximum absolute atomic E-state index is 13.0. The van der Waals surface area contributed by atoms with E-state index in [0.717, 1.165) is 31.5 Å². The van der Waals surface area contributed by atoms with Crippen molar-refractivity contribution in [1.82, 2.24) is 10.6 Å². The van der Waals surface area contributed by atoms with Gasteiger partial charge >= 0.3 is 0 Å². The van der Waals surface area contributed by atoms with Crippen LogP contribution < -0.4 is 10.6 Å². The lowest BCUT2D eigenvalue weighted by Crippen LogP contribution is -2.38. The fourth-order valence-corrected chi connectivity index (χ4v) is 3.27. The smallest absolute Gasteiger partial charge is 0.220 e. The van der Waals surface area contributed by atoms with Crippen LogP contribution >= 0.6 is 12.4 Å². The molecule has 1 aliphatic heterocycles. The molecule has 1 aromatic carbocycles. The molecule has 1 amide bonds. The van der Waals surface area contributed by atoms with Crippen molar-refractivity contribution in [2.45, 2.75) is 45.4 Å². The van der Waals surface area contributed by atoms with Crippen molar-refractivity contribution in [3.63, 3.8) is 0 Å². The molecule has 1 atom stereocenters. The SMILES string of the molecule is CC(CC(=O)NCC(C)(C)c1ccc(F)cc1)C1CCNCC1.Cl. The molecule has 0 radical (unpaired) electrons. The number of nitrogens with one attached hydrogen (secondary N) is 2. The minimum atomic E-state index is -0.232. The van der Waals surface area contributed by atoms with Crippen molar-refractivity contribution in [3.05, 3.63) is 35.6 Å². The highest BCUT2D eigenvalue weighted by Crippen LogP contribution is 2.25. The number of hydrogen-bond donors (Lipinski definition) is 2. The van der Waals surface area contributed by atoms with Crippen LogP contribution in [-0.4, -0.2) is 25.5 Å². The summed E-state index contributed by atoms with van der Waals surface area (Å²) in [5, 5.41) is 6.42. The van der Waals surface area contributed by atoms with Gasteiger partial charge in [-0.1, -0.05) is 32.9 Å². The molecule has 2 N–H and O–H groups in total. The molecule has 2 rings (SSSR count). The van der Waals surface area contributed by atoms with Crippen LogP contribution in [0, 0.1) is 17.7 Å². The summed E-state index contributed by atoms with van der Waals surface area (Å²) in [6.07, 6.45) is 2.91. The predicted octanol–water partition coefficient (Wildman–Crippen LogP) is 3.67. The molecular weight excluding hydrogens is 327 g/mol. The van der Waals surface area contributed by atoms with E-state index < -0.39 is 0 Å². The number of amides is 1. The van der Waals surface area contributed by atoms with Gasteiger partial charge in [-0.25, -0.2) is 4.39 Å². The Balaban J connectivity index is 0.00000288. The number of rotatable bonds is 6. The molecule has 0 aliphatic carbocycles. The molecule has 136 valence electrons.